The van der Waals surface area contributed by atoms with Crippen molar-refractivity contribution in [1.82, 2.24) is 4.31 Å². The molecule has 0 spiro atoms. The fraction of sp³-hybridized carbons (Fsp3) is 0.158. The maximum absolute atomic E-state index is 13.1. The first-order chi connectivity index (χ1) is 13.2. The number of amides is 1. The second-order valence-corrected chi connectivity index (χ2v) is 8.01. The van der Waals surface area contributed by atoms with Crippen LogP contribution in [0, 0.1) is 5.82 Å². The molecule has 7 nitrogen and oxygen atoms in total. The van der Waals surface area contributed by atoms with Gasteiger partial charge in [-0.2, -0.15) is 0 Å². The van der Waals surface area contributed by atoms with Gasteiger partial charge in [-0.15, -0.1) is 0 Å². The molecule has 1 amide bonds. The second kappa shape index (κ2) is 9.25. The molecule has 2 aromatic rings. The summed E-state index contributed by atoms with van der Waals surface area (Å²) in [6, 6.07) is 11.3. The van der Waals surface area contributed by atoms with Crippen molar-refractivity contribution < 1.29 is 27.1 Å². The first kappa shape index (κ1) is 21.3. The normalized spacial score (nSPS) is 11.6. The first-order valence-electron chi connectivity index (χ1n) is 8.11. The number of ether oxygens (including phenoxy) is 1. The van der Waals surface area contributed by atoms with Gasteiger partial charge in [0.05, 0.1) is 4.90 Å². The molecule has 0 fully saturated rings. The molecule has 0 bridgehead atoms. The Balaban J connectivity index is 1.91. The molecule has 9 heteroatoms. The Morgan fingerprint density at radius 3 is 2.54 bits per heavy atom. The van der Waals surface area contributed by atoms with Crippen LogP contribution < -0.4 is 5.32 Å². The van der Waals surface area contributed by atoms with Crippen LogP contribution in [0.4, 0.5) is 10.1 Å². The van der Waals surface area contributed by atoms with Gasteiger partial charge in [0.2, 0.25) is 10.0 Å². The zero-order chi connectivity index (χ0) is 20.7. The van der Waals surface area contributed by atoms with E-state index in [1.54, 1.807) is 6.07 Å². The highest BCUT2D eigenvalue weighted by Crippen LogP contribution is 2.17. The summed E-state index contributed by atoms with van der Waals surface area (Å²) in [4.78, 5) is 23.6. The van der Waals surface area contributed by atoms with Crippen molar-refractivity contribution in [3.63, 3.8) is 0 Å². The summed E-state index contributed by atoms with van der Waals surface area (Å²) in [6.45, 7) is -0.559. The van der Waals surface area contributed by atoms with Crippen molar-refractivity contribution in [3.8, 4) is 0 Å². The number of halogens is 1. The van der Waals surface area contributed by atoms with Gasteiger partial charge >= 0.3 is 5.97 Å². The summed E-state index contributed by atoms with van der Waals surface area (Å²) < 4.78 is 43.1. The molecule has 0 radical (unpaired) electrons. The van der Waals surface area contributed by atoms with Crippen molar-refractivity contribution >= 4 is 33.7 Å². The summed E-state index contributed by atoms with van der Waals surface area (Å²) in [6.07, 6.45) is 2.44. The Morgan fingerprint density at radius 2 is 1.86 bits per heavy atom. The van der Waals surface area contributed by atoms with E-state index in [9.17, 15) is 22.4 Å². The van der Waals surface area contributed by atoms with Crippen LogP contribution in [0.15, 0.2) is 59.5 Å². The highest BCUT2D eigenvalue weighted by Gasteiger charge is 2.17. The molecule has 0 unspecified atom stereocenters. The van der Waals surface area contributed by atoms with Gasteiger partial charge in [-0.25, -0.2) is 21.9 Å². The molecular formula is C19H19FN2O5S. The van der Waals surface area contributed by atoms with Gasteiger partial charge in [-0.3, -0.25) is 4.79 Å². The molecule has 0 atom stereocenters. The first-order valence-corrected chi connectivity index (χ1v) is 9.55. The third kappa shape index (κ3) is 6.00. The topological polar surface area (TPSA) is 92.8 Å². The lowest BCUT2D eigenvalue weighted by Crippen LogP contribution is -2.23. The van der Waals surface area contributed by atoms with Gasteiger partial charge in [0, 0.05) is 25.9 Å². The number of nitrogens with one attached hydrogen (secondary N) is 1. The molecule has 0 saturated carbocycles. The number of nitrogens with zero attached hydrogens (tertiary/aromatic N) is 1. The zero-order valence-electron chi connectivity index (χ0n) is 15.3. The van der Waals surface area contributed by atoms with Gasteiger partial charge in [0.25, 0.3) is 5.91 Å². The van der Waals surface area contributed by atoms with Crippen molar-refractivity contribution in [3.05, 3.63) is 66.0 Å². The maximum atomic E-state index is 13.1. The van der Waals surface area contributed by atoms with Gasteiger partial charge in [-0.05, 0) is 42.0 Å². The van der Waals surface area contributed by atoms with E-state index >= 15 is 0 Å². The van der Waals surface area contributed by atoms with Gasteiger partial charge in [0.15, 0.2) is 6.61 Å². The van der Waals surface area contributed by atoms with Crippen LogP contribution in [-0.2, 0) is 24.3 Å². The van der Waals surface area contributed by atoms with Gasteiger partial charge in [0.1, 0.15) is 5.82 Å². The van der Waals surface area contributed by atoms with Crippen LogP contribution in [0.25, 0.3) is 6.08 Å². The average Bonchev–Trinajstić information content (AvgIpc) is 2.65. The van der Waals surface area contributed by atoms with E-state index in [0.717, 1.165) is 10.4 Å². The molecule has 0 aliphatic heterocycles. The van der Waals surface area contributed by atoms with Crippen LogP contribution in [0.5, 0.6) is 0 Å². The number of hydrogen-bond acceptors (Lipinski definition) is 5. The summed E-state index contributed by atoms with van der Waals surface area (Å²) in [5.74, 6) is -1.84. The van der Waals surface area contributed by atoms with Crippen molar-refractivity contribution in [2.75, 3.05) is 26.0 Å². The van der Waals surface area contributed by atoms with E-state index < -0.39 is 34.3 Å². The van der Waals surface area contributed by atoms with Crippen LogP contribution in [0.2, 0.25) is 0 Å². The van der Waals surface area contributed by atoms with Crippen molar-refractivity contribution in [1.29, 1.82) is 0 Å². The number of sulfonamides is 1. The molecule has 0 heterocycles. The molecule has 2 rings (SSSR count). The largest absolute Gasteiger partial charge is 0.452 e. The highest BCUT2D eigenvalue weighted by atomic mass is 32.2. The summed E-state index contributed by atoms with van der Waals surface area (Å²) in [5.41, 5.74) is 0.722. The standard InChI is InChI=1S/C19H19FN2O5S/c1-22(2)28(25,26)17-8-4-7-16(12-17)21-18(23)13-27-19(24)10-9-14-5-3-6-15(20)11-14/h3-12H,13H2,1-2H3,(H,21,23)/b10-9+. The highest BCUT2D eigenvalue weighted by molar-refractivity contribution is 7.89. The van der Waals surface area contributed by atoms with E-state index in [1.807, 2.05) is 0 Å². The Kier molecular flexibility index (Phi) is 7.02. The second-order valence-electron chi connectivity index (χ2n) is 5.86. The average molecular weight is 406 g/mol. The van der Waals surface area contributed by atoms with Crippen molar-refractivity contribution in [2.24, 2.45) is 0 Å². The SMILES string of the molecule is CN(C)S(=O)(=O)c1cccc(NC(=O)COC(=O)/C=C/c2cccc(F)c2)c1. The monoisotopic (exact) mass is 406 g/mol. The molecular weight excluding hydrogens is 387 g/mol. The Labute approximate surface area is 162 Å². The molecule has 0 saturated heterocycles. The van der Waals surface area contributed by atoms with Crippen LogP contribution in [0.3, 0.4) is 0 Å². The smallest absolute Gasteiger partial charge is 0.331 e. The lowest BCUT2D eigenvalue weighted by molar-refractivity contribution is -0.142. The number of anilines is 1. The molecule has 0 aliphatic rings. The fourth-order valence-corrected chi connectivity index (χ4v) is 3.05. The Bertz CT molecular complexity index is 1000. The minimum atomic E-state index is -3.64. The van der Waals surface area contributed by atoms with Crippen molar-refractivity contribution in [2.45, 2.75) is 4.90 Å². The lowest BCUT2D eigenvalue weighted by atomic mass is 10.2. The van der Waals surface area contributed by atoms with E-state index in [0.29, 0.717) is 5.56 Å². The van der Waals surface area contributed by atoms with Crippen LogP contribution in [0.1, 0.15) is 5.56 Å². The van der Waals surface area contributed by atoms with Crippen LogP contribution >= 0.6 is 0 Å². The summed E-state index contributed by atoms with van der Waals surface area (Å²) in [7, 11) is -0.837. The Hall–Kier alpha value is -3.04. The molecule has 0 aromatic heterocycles. The fourth-order valence-electron chi connectivity index (χ4n) is 2.10. The van der Waals surface area contributed by atoms with Crippen LogP contribution in [-0.4, -0.2) is 45.3 Å². The van der Waals surface area contributed by atoms with E-state index in [1.165, 1.54) is 62.6 Å². The van der Waals surface area contributed by atoms with Gasteiger partial charge in [-0.1, -0.05) is 18.2 Å². The predicted octanol–water partition coefficient (Wildman–Crippen LogP) is 2.27. The number of carbonyl (C=O) groups is 2. The minimum absolute atomic E-state index is 0.0188. The summed E-state index contributed by atoms with van der Waals surface area (Å²) in [5, 5.41) is 2.46. The third-order valence-electron chi connectivity index (χ3n) is 3.50. The van der Waals surface area contributed by atoms with E-state index in [-0.39, 0.29) is 10.6 Å². The number of esters is 1. The molecule has 1 N–H and O–H groups in total. The third-order valence-corrected chi connectivity index (χ3v) is 5.31. The zero-order valence-corrected chi connectivity index (χ0v) is 16.1. The van der Waals surface area contributed by atoms with E-state index in [4.69, 9.17) is 4.74 Å². The molecule has 28 heavy (non-hydrogen) atoms. The summed E-state index contributed by atoms with van der Waals surface area (Å²) >= 11 is 0. The number of hydrogen-bond donors (Lipinski definition) is 1. The Morgan fingerprint density at radius 1 is 1.14 bits per heavy atom. The number of benzene rings is 2. The molecule has 2 aromatic carbocycles. The molecule has 148 valence electrons. The number of rotatable bonds is 7. The number of carbonyl (C=O) groups excluding carboxylic acids is 2. The molecule has 0 aliphatic carbocycles. The van der Waals surface area contributed by atoms with Gasteiger partial charge < -0.3 is 10.1 Å². The predicted molar refractivity (Wildman–Crippen MR) is 102 cm³/mol. The van der Waals surface area contributed by atoms with E-state index in [2.05, 4.69) is 5.32 Å². The maximum Gasteiger partial charge on any atom is 0.331 e. The lowest BCUT2D eigenvalue weighted by Gasteiger charge is -2.12. The minimum Gasteiger partial charge on any atom is -0.452 e. The quantitative estimate of drug-likeness (QED) is 0.563.